The van der Waals surface area contributed by atoms with E-state index in [1.54, 1.807) is 0 Å². The first-order chi connectivity index (χ1) is 6.02. The van der Waals surface area contributed by atoms with Gasteiger partial charge in [-0.15, -0.1) is 0 Å². The number of primary amides is 1. The molecule has 0 radical (unpaired) electrons. The first-order valence-corrected chi connectivity index (χ1v) is 4.38. The molecule has 0 spiro atoms. The Labute approximate surface area is 75.2 Å². The van der Waals surface area contributed by atoms with Gasteiger partial charge in [-0.1, -0.05) is 19.3 Å². The van der Waals surface area contributed by atoms with Crippen molar-refractivity contribution in [1.82, 2.24) is 0 Å². The standard InChI is InChI=1S/C8H13F2NO2/c9-8(10,13-7(11)12)6-4-2-1-3-5-6/h6H,1-5H2,(H2,11,12). The molecule has 2 N–H and O–H groups in total. The van der Waals surface area contributed by atoms with Crippen LogP contribution < -0.4 is 5.73 Å². The van der Waals surface area contributed by atoms with E-state index in [9.17, 15) is 13.6 Å². The number of carbonyl (C=O) groups excluding carboxylic acids is 1. The van der Waals surface area contributed by atoms with Crippen LogP contribution >= 0.6 is 0 Å². The summed E-state index contributed by atoms with van der Waals surface area (Å²) < 4.78 is 29.9. The van der Waals surface area contributed by atoms with Gasteiger partial charge in [0.05, 0.1) is 5.92 Å². The third-order valence-electron chi connectivity index (χ3n) is 2.32. The number of alkyl halides is 2. The Morgan fingerprint density at radius 3 is 2.31 bits per heavy atom. The van der Waals surface area contributed by atoms with Gasteiger partial charge in [0.1, 0.15) is 0 Å². The molecule has 5 heteroatoms. The van der Waals surface area contributed by atoms with E-state index in [2.05, 4.69) is 10.5 Å². The highest BCUT2D eigenvalue weighted by Crippen LogP contribution is 2.37. The SMILES string of the molecule is NC(=O)OC(F)(F)C1CCCCC1. The Kier molecular flexibility index (Phi) is 3.06. The minimum Gasteiger partial charge on any atom is -0.384 e. The van der Waals surface area contributed by atoms with Gasteiger partial charge >= 0.3 is 12.2 Å². The Bertz CT molecular complexity index is 191. The molecule has 0 aromatic rings. The van der Waals surface area contributed by atoms with Crippen LogP contribution in [0.25, 0.3) is 0 Å². The van der Waals surface area contributed by atoms with Gasteiger partial charge in [0.15, 0.2) is 0 Å². The molecule has 0 aromatic carbocycles. The monoisotopic (exact) mass is 193 g/mol. The molecule has 0 atom stereocenters. The maximum absolute atomic E-state index is 13.0. The molecular weight excluding hydrogens is 180 g/mol. The van der Waals surface area contributed by atoms with E-state index < -0.39 is 18.1 Å². The molecule has 1 amide bonds. The zero-order valence-corrected chi connectivity index (χ0v) is 7.26. The topological polar surface area (TPSA) is 52.3 Å². The van der Waals surface area contributed by atoms with Crippen LogP contribution in [0.15, 0.2) is 0 Å². The van der Waals surface area contributed by atoms with Crippen molar-refractivity contribution in [2.75, 3.05) is 0 Å². The number of rotatable bonds is 2. The average molecular weight is 193 g/mol. The molecule has 0 bridgehead atoms. The maximum Gasteiger partial charge on any atom is 0.409 e. The zero-order chi connectivity index (χ0) is 9.90. The minimum absolute atomic E-state index is 0.403. The summed E-state index contributed by atoms with van der Waals surface area (Å²) in [6, 6.07) is 0. The second kappa shape index (κ2) is 3.89. The summed E-state index contributed by atoms with van der Waals surface area (Å²) in [6.45, 7) is 0. The largest absolute Gasteiger partial charge is 0.409 e. The Morgan fingerprint density at radius 1 is 1.31 bits per heavy atom. The van der Waals surface area contributed by atoms with Crippen LogP contribution in [0.3, 0.4) is 0 Å². The van der Waals surface area contributed by atoms with Gasteiger partial charge in [-0.2, -0.15) is 8.78 Å². The summed E-state index contributed by atoms with van der Waals surface area (Å²) in [7, 11) is 0. The summed E-state index contributed by atoms with van der Waals surface area (Å²) in [4.78, 5) is 10.2. The van der Waals surface area contributed by atoms with Crippen molar-refractivity contribution >= 4 is 6.09 Å². The highest BCUT2D eigenvalue weighted by Gasteiger charge is 2.43. The van der Waals surface area contributed by atoms with Gasteiger partial charge in [-0.25, -0.2) is 4.79 Å². The number of amides is 1. The first kappa shape index (κ1) is 10.2. The molecule has 3 nitrogen and oxygen atoms in total. The molecule has 1 aliphatic rings. The number of halogens is 2. The molecule has 0 aliphatic heterocycles. The fraction of sp³-hybridized carbons (Fsp3) is 0.875. The van der Waals surface area contributed by atoms with Crippen LogP contribution in [0.4, 0.5) is 13.6 Å². The molecule has 0 unspecified atom stereocenters. The van der Waals surface area contributed by atoms with Crippen molar-refractivity contribution in [3.8, 4) is 0 Å². The lowest BCUT2D eigenvalue weighted by atomic mass is 9.88. The average Bonchev–Trinajstić information content (AvgIpc) is 2.04. The third-order valence-corrected chi connectivity index (χ3v) is 2.32. The van der Waals surface area contributed by atoms with Crippen molar-refractivity contribution in [2.45, 2.75) is 38.2 Å². The van der Waals surface area contributed by atoms with Gasteiger partial charge in [0, 0.05) is 0 Å². The van der Waals surface area contributed by atoms with E-state index in [-0.39, 0.29) is 0 Å². The van der Waals surface area contributed by atoms with Crippen LogP contribution in [0.2, 0.25) is 0 Å². The molecule has 0 saturated heterocycles. The van der Waals surface area contributed by atoms with Gasteiger partial charge in [-0.3, -0.25) is 0 Å². The molecule has 76 valence electrons. The van der Waals surface area contributed by atoms with Gasteiger partial charge in [-0.05, 0) is 12.8 Å². The Morgan fingerprint density at radius 2 is 1.85 bits per heavy atom. The predicted molar refractivity (Wildman–Crippen MR) is 42.2 cm³/mol. The number of hydrogen-bond acceptors (Lipinski definition) is 2. The third kappa shape index (κ3) is 2.82. The van der Waals surface area contributed by atoms with E-state index in [1.807, 2.05) is 0 Å². The summed E-state index contributed by atoms with van der Waals surface area (Å²) in [5.41, 5.74) is 4.54. The summed E-state index contributed by atoms with van der Waals surface area (Å²) in [5, 5.41) is 0. The van der Waals surface area contributed by atoms with Crippen molar-refractivity contribution in [3.05, 3.63) is 0 Å². The quantitative estimate of drug-likeness (QED) is 0.731. The maximum atomic E-state index is 13.0. The van der Waals surface area contributed by atoms with Gasteiger partial charge in [0.25, 0.3) is 0 Å². The molecule has 1 aliphatic carbocycles. The molecular formula is C8H13F2NO2. The molecule has 1 saturated carbocycles. The second-order valence-electron chi connectivity index (χ2n) is 3.32. The summed E-state index contributed by atoms with van der Waals surface area (Å²) >= 11 is 0. The van der Waals surface area contributed by atoms with E-state index in [4.69, 9.17) is 0 Å². The van der Waals surface area contributed by atoms with Crippen LogP contribution in [0, 0.1) is 5.92 Å². The zero-order valence-electron chi connectivity index (χ0n) is 7.26. The lowest BCUT2D eigenvalue weighted by Crippen LogP contribution is -2.37. The van der Waals surface area contributed by atoms with Gasteiger partial charge in [0.2, 0.25) is 0 Å². The lowest BCUT2D eigenvalue weighted by molar-refractivity contribution is -0.238. The molecule has 0 heterocycles. The Hall–Kier alpha value is -0.870. The highest BCUT2D eigenvalue weighted by atomic mass is 19.3. The van der Waals surface area contributed by atoms with E-state index >= 15 is 0 Å². The minimum atomic E-state index is -3.38. The van der Waals surface area contributed by atoms with Crippen LogP contribution in [-0.2, 0) is 4.74 Å². The molecule has 13 heavy (non-hydrogen) atoms. The fourth-order valence-corrected chi connectivity index (χ4v) is 1.66. The normalized spacial score (nSPS) is 19.8. The summed E-state index contributed by atoms with van der Waals surface area (Å²) in [6.07, 6.45) is -1.48. The van der Waals surface area contributed by atoms with E-state index in [0.29, 0.717) is 12.8 Å². The lowest BCUT2D eigenvalue weighted by Gasteiger charge is -2.28. The number of ether oxygens (including phenoxy) is 1. The van der Waals surface area contributed by atoms with Crippen molar-refractivity contribution in [1.29, 1.82) is 0 Å². The first-order valence-electron chi connectivity index (χ1n) is 4.38. The predicted octanol–water partition coefficient (Wildman–Crippen LogP) is 2.25. The van der Waals surface area contributed by atoms with Crippen molar-refractivity contribution in [2.24, 2.45) is 11.7 Å². The van der Waals surface area contributed by atoms with Crippen LogP contribution in [-0.4, -0.2) is 12.2 Å². The number of hydrogen-bond donors (Lipinski definition) is 1. The van der Waals surface area contributed by atoms with Crippen molar-refractivity contribution in [3.63, 3.8) is 0 Å². The highest BCUT2D eigenvalue weighted by molar-refractivity contribution is 5.64. The van der Waals surface area contributed by atoms with Crippen LogP contribution in [0.5, 0.6) is 0 Å². The summed E-state index contributed by atoms with van der Waals surface area (Å²) in [5.74, 6) is -0.853. The molecule has 0 aromatic heterocycles. The van der Waals surface area contributed by atoms with Crippen LogP contribution in [0.1, 0.15) is 32.1 Å². The molecule has 1 rings (SSSR count). The number of carbonyl (C=O) groups is 1. The fourth-order valence-electron chi connectivity index (χ4n) is 1.66. The van der Waals surface area contributed by atoms with Crippen molar-refractivity contribution < 1.29 is 18.3 Å². The van der Waals surface area contributed by atoms with E-state index in [1.165, 1.54) is 0 Å². The van der Waals surface area contributed by atoms with E-state index in [0.717, 1.165) is 19.3 Å². The second-order valence-corrected chi connectivity index (χ2v) is 3.32. The Balaban J connectivity index is 2.50. The smallest absolute Gasteiger partial charge is 0.384 e. The number of nitrogens with two attached hydrogens (primary N) is 1. The molecule has 1 fully saturated rings. The van der Waals surface area contributed by atoms with Gasteiger partial charge < -0.3 is 10.5 Å².